The Kier molecular flexibility index (Phi) is 3.47. The maximum atomic E-state index is 11.5. The monoisotopic (exact) mass is 293 g/mol. The zero-order chi connectivity index (χ0) is 15.7. The number of pyridine rings is 2. The predicted molar refractivity (Wildman–Crippen MR) is 86.3 cm³/mol. The Labute approximate surface area is 127 Å². The van der Waals surface area contributed by atoms with Crippen molar-refractivity contribution in [2.75, 3.05) is 19.0 Å². The molecule has 5 nitrogen and oxygen atoms in total. The molecule has 2 heterocycles. The van der Waals surface area contributed by atoms with Gasteiger partial charge >= 0.3 is 5.97 Å². The standard InChI is InChI=1S/C17H15N3O2/c1-20(2)16-8-7-11(10-18-16)15-9-13(17(21)22)12-5-3-4-6-14(12)19-15/h3-10H,1-2H3,(H,21,22). The maximum Gasteiger partial charge on any atom is 0.336 e. The molecular weight excluding hydrogens is 278 g/mol. The lowest BCUT2D eigenvalue weighted by Crippen LogP contribution is -2.10. The Morgan fingerprint density at radius 3 is 2.55 bits per heavy atom. The van der Waals surface area contributed by atoms with Crippen LogP contribution in [0.3, 0.4) is 0 Å². The third-order valence-electron chi connectivity index (χ3n) is 3.45. The average molecular weight is 293 g/mol. The fourth-order valence-electron chi connectivity index (χ4n) is 2.30. The summed E-state index contributed by atoms with van der Waals surface area (Å²) in [6.07, 6.45) is 1.71. The van der Waals surface area contributed by atoms with Crippen molar-refractivity contribution in [2.45, 2.75) is 0 Å². The van der Waals surface area contributed by atoms with Crippen molar-refractivity contribution in [1.82, 2.24) is 9.97 Å². The lowest BCUT2D eigenvalue weighted by molar-refractivity contribution is 0.0699. The van der Waals surface area contributed by atoms with Crippen LogP contribution in [0, 0.1) is 0 Å². The van der Waals surface area contributed by atoms with Gasteiger partial charge in [-0.3, -0.25) is 0 Å². The van der Waals surface area contributed by atoms with Crippen LogP contribution in [0.2, 0.25) is 0 Å². The number of anilines is 1. The number of hydrogen-bond acceptors (Lipinski definition) is 4. The summed E-state index contributed by atoms with van der Waals surface area (Å²) >= 11 is 0. The number of aromatic nitrogens is 2. The number of benzene rings is 1. The molecule has 0 spiro atoms. The van der Waals surface area contributed by atoms with Crippen molar-refractivity contribution in [3.05, 3.63) is 54.2 Å². The normalized spacial score (nSPS) is 10.6. The van der Waals surface area contributed by atoms with E-state index in [0.29, 0.717) is 16.6 Å². The summed E-state index contributed by atoms with van der Waals surface area (Å²) in [4.78, 5) is 22.3. The van der Waals surface area contributed by atoms with Gasteiger partial charge in [0.15, 0.2) is 0 Å². The van der Waals surface area contributed by atoms with Crippen molar-refractivity contribution in [3.8, 4) is 11.3 Å². The topological polar surface area (TPSA) is 66.3 Å². The van der Waals surface area contributed by atoms with Crippen molar-refractivity contribution < 1.29 is 9.90 Å². The van der Waals surface area contributed by atoms with Gasteiger partial charge in [-0.25, -0.2) is 14.8 Å². The molecule has 0 saturated heterocycles. The molecule has 3 aromatic rings. The van der Waals surface area contributed by atoms with Gasteiger partial charge in [0.2, 0.25) is 0 Å². The van der Waals surface area contributed by atoms with Crippen LogP contribution in [0.5, 0.6) is 0 Å². The summed E-state index contributed by atoms with van der Waals surface area (Å²) < 4.78 is 0. The molecule has 0 aliphatic carbocycles. The van der Waals surface area contributed by atoms with Crippen LogP contribution in [-0.2, 0) is 0 Å². The Morgan fingerprint density at radius 2 is 1.91 bits per heavy atom. The van der Waals surface area contributed by atoms with Crippen molar-refractivity contribution >= 4 is 22.7 Å². The number of carbonyl (C=O) groups is 1. The molecule has 1 aromatic carbocycles. The minimum absolute atomic E-state index is 0.247. The van der Waals surface area contributed by atoms with E-state index < -0.39 is 5.97 Å². The molecule has 2 aromatic heterocycles. The van der Waals surface area contributed by atoms with Crippen LogP contribution < -0.4 is 4.90 Å². The van der Waals surface area contributed by atoms with Crippen LogP contribution in [0.25, 0.3) is 22.2 Å². The largest absolute Gasteiger partial charge is 0.478 e. The third kappa shape index (κ3) is 2.48. The van der Waals surface area contributed by atoms with E-state index in [9.17, 15) is 9.90 Å². The van der Waals surface area contributed by atoms with Gasteiger partial charge in [0.25, 0.3) is 0 Å². The number of fused-ring (bicyclic) bond motifs is 1. The molecule has 0 atom stereocenters. The van der Waals surface area contributed by atoms with E-state index in [4.69, 9.17) is 0 Å². The van der Waals surface area contributed by atoms with Crippen LogP contribution in [-0.4, -0.2) is 35.1 Å². The second kappa shape index (κ2) is 5.44. The molecule has 0 saturated carbocycles. The van der Waals surface area contributed by atoms with E-state index in [1.165, 1.54) is 0 Å². The molecule has 0 fully saturated rings. The van der Waals surface area contributed by atoms with Gasteiger partial charge in [-0.2, -0.15) is 0 Å². The maximum absolute atomic E-state index is 11.5. The first kappa shape index (κ1) is 14.0. The summed E-state index contributed by atoms with van der Waals surface area (Å²) in [7, 11) is 3.83. The van der Waals surface area contributed by atoms with Gasteiger partial charge in [-0.1, -0.05) is 18.2 Å². The van der Waals surface area contributed by atoms with E-state index in [-0.39, 0.29) is 5.56 Å². The van der Waals surface area contributed by atoms with Gasteiger partial charge in [0.1, 0.15) is 5.82 Å². The molecule has 0 bridgehead atoms. The molecule has 0 amide bonds. The van der Waals surface area contributed by atoms with Gasteiger partial charge in [-0.05, 0) is 24.3 Å². The molecule has 0 unspecified atom stereocenters. The number of carboxylic acids is 1. The van der Waals surface area contributed by atoms with Gasteiger partial charge in [0.05, 0.1) is 16.8 Å². The summed E-state index contributed by atoms with van der Waals surface area (Å²) in [6, 6.07) is 12.6. The second-order valence-corrected chi connectivity index (χ2v) is 5.18. The zero-order valence-electron chi connectivity index (χ0n) is 12.3. The summed E-state index contributed by atoms with van der Waals surface area (Å²) in [5.41, 5.74) is 2.30. The fourth-order valence-corrected chi connectivity index (χ4v) is 2.30. The lowest BCUT2D eigenvalue weighted by atomic mass is 10.1. The molecule has 5 heteroatoms. The summed E-state index contributed by atoms with van der Waals surface area (Å²) in [5, 5.41) is 10.1. The number of aromatic carboxylic acids is 1. The van der Waals surface area contributed by atoms with Crippen molar-refractivity contribution in [1.29, 1.82) is 0 Å². The van der Waals surface area contributed by atoms with Crippen LogP contribution in [0.1, 0.15) is 10.4 Å². The SMILES string of the molecule is CN(C)c1ccc(-c2cc(C(=O)O)c3ccccc3n2)cn1. The molecular formula is C17H15N3O2. The smallest absolute Gasteiger partial charge is 0.336 e. The first-order valence-corrected chi connectivity index (χ1v) is 6.83. The van der Waals surface area contributed by atoms with Crippen molar-refractivity contribution in [3.63, 3.8) is 0 Å². The lowest BCUT2D eigenvalue weighted by Gasteiger charge is -2.11. The zero-order valence-corrected chi connectivity index (χ0v) is 12.3. The Balaban J connectivity index is 2.16. The number of para-hydroxylation sites is 1. The van der Waals surface area contributed by atoms with Crippen molar-refractivity contribution in [2.24, 2.45) is 0 Å². The number of rotatable bonds is 3. The quantitative estimate of drug-likeness (QED) is 0.804. The van der Waals surface area contributed by atoms with Gasteiger partial charge in [0, 0.05) is 31.2 Å². The first-order valence-electron chi connectivity index (χ1n) is 6.83. The minimum atomic E-state index is -0.960. The van der Waals surface area contributed by atoms with E-state index in [1.54, 1.807) is 18.3 Å². The van der Waals surface area contributed by atoms with Gasteiger partial charge < -0.3 is 10.0 Å². The van der Waals surface area contributed by atoms with E-state index in [0.717, 1.165) is 11.4 Å². The number of hydrogen-bond donors (Lipinski definition) is 1. The molecule has 0 radical (unpaired) electrons. The second-order valence-electron chi connectivity index (χ2n) is 5.18. The summed E-state index contributed by atoms with van der Waals surface area (Å²) in [6.45, 7) is 0. The first-order chi connectivity index (χ1) is 10.6. The molecule has 22 heavy (non-hydrogen) atoms. The molecule has 0 aliphatic rings. The van der Waals surface area contributed by atoms with Crippen LogP contribution in [0.15, 0.2) is 48.7 Å². The highest BCUT2D eigenvalue weighted by Crippen LogP contribution is 2.25. The minimum Gasteiger partial charge on any atom is -0.478 e. The van der Waals surface area contributed by atoms with E-state index in [2.05, 4.69) is 9.97 Å². The third-order valence-corrected chi connectivity index (χ3v) is 3.45. The molecule has 0 aliphatic heterocycles. The predicted octanol–water partition coefficient (Wildman–Crippen LogP) is 3.06. The highest BCUT2D eigenvalue weighted by Gasteiger charge is 2.12. The molecule has 3 rings (SSSR count). The highest BCUT2D eigenvalue weighted by molar-refractivity contribution is 6.03. The Morgan fingerprint density at radius 1 is 1.14 bits per heavy atom. The van der Waals surface area contributed by atoms with E-state index >= 15 is 0 Å². The fraction of sp³-hybridized carbons (Fsp3) is 0.118. The summed E-state index contributed by atoms with van der Waals surface area (Å²) in [5.74, 6) is -0.124. The average Bonchev–Trinajstić information content (AvgIpc) is 2.53. The van der Waals surface area contributed by atoms with Crippen LogP contribution in [0.4, 0.5) is 5.82 Å². The molecule has 1 N–H and O–H groups in total. The Bertz CT molecular complexity index is 842. The van der Waals surface area contributed by atoms with Gasteiger partial charge in [-0.15, -0.1) is 0 Å². The van der Waals surface area contributed by atoms with Crippen LogP contribution >= 0.6 is 0 Å². The number of nitrogens with zero attached hydrogens (tertiary/aromatic N) is 3. The Hall–Kier alpha value is -2.95. The highest BCUT2D eigenvalue weighted by atomic mass is 16.4. The number of carboxylic acid groups (broad SMARTS) is 1. The van der Waals surface area contributed by atoms with E-state index in [1.807, 2.05) is 49.3 Å². The molecule has 110 valence electrons.